The molecule has 0 unspecified atom stereocenters. The molecule has 5 nitrogen and oxygen atoms in total. The second-order valence-corrected chi connectivity index (χ2v) is 7.82. The topological polar surface area (TPSA) is 83.8 Å². The van der Waals surface area contributed by atoms with Gasteiger partial charge in [0, 0.05) is 22.3 Å². The summed E-state index contributed by atoms with van der Waals surface area (Å²) in [5.74, 6) is -0.560. The van der Waals surface area contributed by atoms with Crippen LogP contribution >= 0.6 is 11.8 Å². The summed E-state index contributed by atoms with van der Waals surface area (Å²) < 4.78 is 13.2. The van der Waals surface area contributed by atoms with Crippen molar-refractivity contribution in [3.8, 4) is 11.1 Å². The Bertz CT molecular complexity index is 1190. The fourth-order valence-electron chi connectivity index (χ4n) is 2.91. The average molecular weight is 418 g/mol. The van der Waals surface area contributed by atoms with E-state index in [4.69, 9.17) is 5.73 Å². The number of aromatic nitrogens is 2. The van der Waals surface area contributed by atoms with Crippen molar-refractivity contribution < 1.29 is 9.18 Å². The number of aromatic amines is 1. The van der Waals surface area contributed by atoms with E-state index in [2.05, 4.69) is 15.3 Å². The highest BCUT2D eigenvalue weighted by molar-refractivity contribution is 7.99. The third-order valence-electron chi connectivity index (χ3n) is 4.49. The Balaban J connectivity index is 1.49. The van der Waals surface area contributed by atoms with Gasteiger partial charge in [-0.15, -0.1) is 0 Å². The quantitative estimate of drug-likeness (QED) is 0.373. The monoisotopic (exact) mass is 418 g/mol. The molecule has 1 heterocycles. The molecule has 0 aliphatic rings. The van der Waals surface area contributed by atoms with Gasteiger partial charge in [0.15, 0.2) is 5.16 Å². The number of imidazole rings is 1. The Morgan fingerprint density at radius 3 is 2.40 bits per heavy atom. The number of hydrogen-bond acceptors (Lipinski definition) is 4. The van der Waals surface area contributed by atoms with Gasteiger partial charge < -0.3 is 16.0 Å². The van der Waals surface area contributed by atoms with E-state index >= 15 is 0 Å². The predicted octanol–water partition coefficient (Wildman–Crippen LogP) is 5.51. The van der Waals surface area contributed by atoms with Crippen molar-refractivity contribution in [2.45, 2.75) is 17.0 Å². The Labute approximate surface area is 177 Å². The van der Waals surface area contributed by atoms with Gasteiger partial charge in [0.25, 0.3) is 5.91 Å². The van der Waals surface area contributed by atoms with Gasteiger partial charge in [-0.1, -0.05) is 30.0 Å². The summed E-state index contributed by atoms with van der Waals surface area (Å²) in [4.78, 5) is 21.1. The zero-order valence-electron chi connectivity index (χ0n) is 16.1. The standard InChI is InChI=1S/C23H19FN4OS/c1-14-13-26-23(27-14)30-19-9-4-16(5-10-19)22(29)28-21-12-17(6-11-20(21)25)15-2-7-18(24)8-3-15/h2-13H,25H2,1H3,(H,26,27)(H,28,29). The van der Waals surface area contributed by atoms with Crippen LogP contribution in [0.1, 0.15) is 16.1 Å². The first-order valence-electron chi connectivity index (χ1n) is 9.24. The smallest absolute Gasteiger partial charge is 0.255 e. The van der Waals surface area contributed by atoms with Crippen LogP contribution in [0.4, 0.5) is 15.8 Å². The molecule has 7 heteroatoms. The number of nitrogen functional groups attached to an aromatic ring is 1. The van der Waals surface area contributed by atoms with Crippen LogP contribution < -0.4 is 11.1 Å². The number of carbonyl (C=O) groups excluding carboxylic acids is 1. The number of hydrogen-bond donors (Lipinski definition) is 3. The van der Waals surface area contributed by atoms with Gasteiger partial charge >= 0.3 is 0 Å². The van der Waals surface area contributed by atoms with Crippen LogP contribution in [0.2, 0.25) is 0 Å². The lowest BCUT2D eigenvalue weighted by atomic mass is 10.0. The molecule has 30 heavy (non-hydrogen) atoms. The maximum Gasteiger partial charge on any atom is 0.255 e. The molecular formula is C23H19FN4OS. The number of carbonyl (C=O) groups is 1. The molecule has 4 aromatic rings. The highest BCUT2D eigenvalue weighted by atomic mass is 32.2. The Kier molecular flexibility index (Phi) is 5.54. The van der Waals surface area contributed by atoms with Crippen molar-refractivity contribution in [1.82, 2.24) is 9.97 Å². The van der Waals surface area contributed by atoms with Crippen molar-refractivity contribution in [1.29, 1.82) is 0 Å². The van der Waals surface area contributed by atoms with Crippen molar-refractivity contribution in [3.05, 3.63) is 90.0 Å². The summed E-state index contributed by atoms with van der Waals surface area (Å²) >= 11 is 1.49. The van der Waals surface area contributed by atoms with Crippen LogP contribution in [0.3, 0.4) is 0 Å². The first-order valence-corrected chi connectivity index (χ1v) is 10.1. The fraction of sp³-hybridized carbons (Fsp3) is 0.0435. The second kappa shape index (κ2) is 8.42. The molecule has 0 fully saturated rings. The molecule has 1 aromatic heterocycles. The summed E-state index contributed by atoms with van der Waals surface area (Å²) in [7, 11) is 0. The maximum atomic E-state index is 13.2. The number of H-pyrrole nitrogens is 1. The zero-order chi connectivity index (χ0) is 21.1. The summed E-state index contributed by atoms with van der Waals surface area (Å²) in [6.07, 6.45) is 1.77. The van der Waals surface area contributed by atoms with Crippen molar-refractivity contribution in [2.24, 2.45) is 0 Å². The lowest BCUT2D eigenvalue weighted by Gasteiger charge is -2.11. The number of nitrogens with one attached hydrogen (secondary N) is 2. The summed E-state index contributed by atoms with van der Waals surface area (Å²) in [5, 5.41) is 3.66. The van der Waals surface area contributed by atoms with E-state index in [1.807, 2.05) is 25.1 Å². The predicted molar refractivity (Wildman–Crippen MR) is 118 cm³/mol. The zero-order valence-corrected chi connectivity index (χ0v) is 17.0. The number of benzene rings is 3. The number of nitrogens with two attached hydrogens (primary N) is 1. The molecule has 4 rings (SSSR count). The van der Waals surface area contributed by atoms with Crippen molar-refractivity contribution in [3.63, 3.8) is 0 Å². The third kappa shape index (κ3) is 4.52. The van der Waals surface area contributed by atoms with E-state index in [0.29, 0.717) is 16.9 Å². The van der Waals surface area contributed by atoms with E-state index in [1.54, 1.807) is 42.6 Å². The van der Waals surface area contributed by atoms with E-state index in [1.165, 1.54) is 23.9 Å². The number of anilines is 2. The molecule has 0 atom stereocenters. The van der Waals surface area contributed by atoms with Crippen LogP contribution in [0.15, 0.2) is 83.0 Å². The molecular weight excluding hydrogens is 399 g/mol. The first-order chi connectivity index (χ1) is 14.5. The number of aryl methyl sites for hydroxylation is 1. The summed E-state index contributed by atoms with van der Waals surface area (Å²) in [6, 6.07) is 18.8. The van der Waals surface area contributed by atoms with Gasteiger partial charge in [-0.2, -0.15) is 0 Å². The lowest BCUT2D eigenvalue weighted by Crippen LogP contribution is -2.13. The minimum Gasteiger partial charge on any atom is -0.397 e. The van der Waals surface area contributed by atoms with Crippen LogP contribution in [-0.4, -0.2) is 15.9 Å². The molecule has 0 saturated carbocycles. The fourth-order valence-corrected chi connectivity index (χ4v) is 3.72. The third-order valence-corrected chi connectivity index (χ3v) is 5.40. The molecule has 0 spiro atoms. The number of halogens is 1. The molecule has 0 saturated heterocycles. The summed E-state index contributed by atoms with van der Waals surface area (Å²) in [6.45, 7) is 1.95. The highest BCUT2D eigenvalue weighted by Gasteiger charge is 2.10. The molecule has 0 bridgehead atoms. The van der Waals surface area contributed by atoms with Gasteiger partial charge in [-0.3, -0.25) is 4.79 Å². The SMILES string of the molecule is Cc1cnc(Sc2ccc(C(=O)Nc3cc(-c4ccc(F)cc4)ccc3N)cc2)[nH]1. The molecule has 4 N–H and O–H groups in total. The van der Waals surface area contributed by atoms with Crippen LogP contribution in [-0.2, 0) is 0 Å². The highest BCUT2D eigenvalue weighted by Crippen LogP contribution is 2.29. The van der Waals surface area contributed by atoms with Crippen molar-refractivity contribution >= 4 is 29.0 Å². The number of nitrogens with zero attached hydrogens (tertiary/aromatic N) is 1. The number of rotatable bonds is 5. The van der Waals surface area contributed by atoms with E-state index in [-0.39, 0.29) is 11.7 Å². The largest absolute Gasteiger partial charge is 0.397 e. The second-order valence-electron chi connectivity index (χ2n) is 6.76. The molecule has 3 aromatic carbocycles. The van der Waals surface area contributed by atoms with Gasteiger partial charge in [0.1, 0.15) is 5.82 Å². The summed E-state index contributed by atoms with van der Waals surface area (Å²) in [5.41, 5.74) is 10.2. The van der Waals surface area contributed by atoms with Gasteiger partial charge in [0.05, 0.1) is 11.4 Å². The van der Waals surface area contributed by atoms with Crippen LogP contribution in [0, 0.1) is 12.7 Å². The van der Waals surface area contributed by atoms with Crippen LogP contribution in [0.5, 0.6) is 0 Å². The Hall–Kier alpha value is -3.58. The van der Waals surface area contributed by atoms with Crippen molar-refractivity contribution in [2.75, 3.05) is 11.1 Å². The Morgan fingerprint density at radius 1 is 1.03 bits per heavy atom. The van der Waals surface area contributed by atoms with Gasteiger partial charge in [-0.05, 0) is 66.6 Å². The normalized spacial score (nSPS) is 10.7. The molecule has 0 aliphatic heterocycles. The average Bonchev–Trinajstić information content (AvgIpc) is 3.15. The molecule has 1 amide bonds. The van der Waals surface area contributed by atoms with E-state index < -0.39 is 0 Å². The molecule has 150 valence electrons. The van der Waals surface area contributed by atoms with Gasteiger partial charge in [-0.25, -0.2) is 9.37 Å². The Morgan fingerprint density at radius 2 is 1.73 bits per heavy atom. The lowest BCUT2D eigenvalue weighted by molar-refractivity contribution is 0.102. The molecule has 0 radical (unpaired) electrons. The first kappa shape index (κ1) is 19.7. The maximum absolute atomic E-state index is 13.2. The number of amides is 1. The van der Waals surface area contributed by atoms with E-state index in [9.17, 15) is 9.18 Å². The minimum absolute atomic E-state index is 0.261. The van der Waals surface area contributed by atoms with Gasteiger partial charge in [0.2, 0.25) is 0 Å². The minimum atomic E-state index is -0.300. The van der Waals surface area contributed by atoms with E-state index in [0.717, 1.165) is 26.9 Å². The van der Waals surface area contributed by atoms with Crippen LogP contribution in [0.25, 0.3) is 11.1 Å². The molecule has 0 aliphatic carbocycles.